The lowest BCUT2D eigenvalue weighted by molar-refractivity contribution is 0.751. The van der Waals surface area contributed by atoms with Crippen LogP contribution < -0.4 is 10.6 Å². The van der Waals surface area contributed by atoms with E-state index in [1.54, 1.807) is 0 Å². The molecular formula is C12H13ClN4. The topological polar surface area (TPSA) is 55.0 Å². The summed E-state index contributed by atoms with van der Waals surface area (Å²) in [5, 5.41) is 0.456. The number of fused-ring (bicyclic) bond motifs is 1. The first-order valence-electron chi connectivity index (χ1n) is 5.67. The summed E-state index contributed by atoms with van der Waals surface area (Å²) < 4.78 is 0. The summed E-state index contributed by atoms with van der Waals surface area (Å²) in [6, 6.07) is 7.94. The molecule has 2 heterocycles. The maximum atomic E-state index is 6.17. The van der Waals surface area contributed by atoms with Gasteiger partial charge in [-0.05, 0) is 18.6 Å². The fourth-order valence-electron chi connectivity index (χ4n) is 2.15. The highest BCUT2D eigenvalue weighted by Gasteiger charge is 2.23. The summed E-state index contributed by atoms with van der Waals surface area (Å²) >= 11 is 6.17. The standard InChI is InChI=1S/C12H13ClN4/c13-11-12(17-6-5-8(14)7-17)16-10-4-2-1-3-9(10)15-11/h1-4,8H,5-7,14H2/t8-/m0/s1. The van der Waals surface area contributed by atoms with Crippen LogP contribution in [-0.2, 0) is 0 Å². The molecule has 0 aliphatic carbocycles. The lowest BCUT2D eigenvalue weighted by Gasteiger charge is -2.17. The lowest BCUT2D eigenvalue weighted by atomic mass is 10.3. The largest absolute Gasteiger partial charge is 0.352 e. The normalized spacial score (nSPS) is 20.1. The molecule has 0 amide bonds. The van der Waals surface area contributed by atoms with E-state index in [0.29, 0.717) is 5.15 Å². The van der Waals surface area contributed by atoms with Crippen molar-refractivity contribution in [1.29, 1.82) is 0 Å². The van der Waals surface area contributed by atoms with Crippen molar-refractivity contribution in [2.75, 3.05) is 18.0 Å². The molecule has 1 saturated heterocycles. The van der Waals surface area contributed by atoms with Crippen molar-refractivity contribution in [2.24, 2.45) is 5.73 Å². The Balaban J connectivity index is 2.07. The summed E-state index contributed by atoms with van der Waals surface area (Å²) in [6.45, 7) is 1.70. The Morgan fingerprint density at radius 1 is 1.24 bits per heavy atom. The maximum Gasteiger partial charge on any atom is 0.172 e. The Hall–Kier alpha value is -1.39. The maximum absolute atomic E-state index is 6.17. The molecule has 0 radical (unpaired) electrons. The van der Waals surface area contributed by atoms with Gasteiger partial charge in [-0.15, -0.1) is 0 Å². The zero-order valence-electron chi connectivity index (χ0n) is 9.31. The Kier molecular flexibility index (Phi) is 2.61. The van der Waals surface area contributed by atoms with Crippen molar-refractivity contribution in [3.8, 4) is 0 Å². The van der Waals surface area contributed by atoms with Crippen LogP contribution in [0.2, 0.25) is 5.15 Å². The molecule has 3 rings (SSSR count). The smallest absolute Gasteiger partial charge is 0.172 e. The summed E-state index contributed by atoms with van der Waals surface area (Å²) in [7, 11) is 0. The highest BCUT2D eigenvalue weighted by Crippen LogP contribution is 2.26. The molecular weight excluding hydrogens is 236 g/mol. The van der Waals surface area contributed by atoms with Gasteiger partial charge in [-0.3, -0.25) is 0 Å². The number of benzene rings is 1. The number of hydrogen-bond acceptors (Lipinski definition) is 4. The van der Waals surface area contributed by atoms with E-state index in [1.807, 2.05) is 24.3 Å². The van der Waals surface area contributed by atoms with Crippen LogP contribution in [0.15, 0.2) is 24.3 Å². The van der Waals surface area contributed by atoms with Gasteiger partial charge in [0.2, 0.25) is 0 Å². The zero-order chi connectivity index (χ0) is 11.8. The number of aromatic nitrogens is 2. The van der Waals surface area contributed by atoms with Crippen LogP contribution in [0.4, 0.5) is 5.82 Å². The highest BCUT2D eigenvalue weighted by molar-refractivity contribution is 6.32. The van der Waals surface area contributed by atoms with Gasteiger partial charge >= 0.3 is 0 Å². The van der Waals surface area contributed by atoms with Crippen molar-refractivity contribution in [3.05, 3.63) is 29.4 Å². The first-order chi connectivity index (χ1) is 8.24. The number of rotatable bonds is 1. The fraction of sp³-hybridized carbons (Fsp3) is 0.333. The van der Waals surface area contributed by atoms with Gasteiger partial charge in [0, 0.05) is 19.1 Å². The monoisotopic (exact) mass is 248 g/mol. The molecule has 5 heteroatoms. The molecule has 1 atom stereocenters. The Morgan fingerprint density at radius 2 is 1.94 bits per heavy atom. The fourth-order valence-corrected chi connectivity index (χ4v) is 2.40. The third-order valence-corrected chi connectivity index (χ3v) is 3.29. The molecule has 0 spiro atoms. The van der Waals surface area contributed by atoms with Gasteiger partial charge in [0.1, 0.15) is 0 Å². The number of hydrogen-bond donors (Lipinski definition) is 1. The Bertz CT molecular complexity index is 557. The third kappa shape index (κ3) is 1.94. The highest BCUT2D eigenvalue weighted by atomic mass is 35.5. The van der Waals surface area contributed by atoms with E-state index >= 15 is 0 Å². The minimum Gasteiger partial charge on any atom is -0.352 e. The van der Waals surface area contributed by atoms with Crippen LogP contribution in [0.25, 0.3) is 11.0 Å². The number of halogens is 1. The van der Waals surface area contributed by atoms with Crippen molar-refractivity contribution >= 4 is 28.5 Å². The molecule has 1 aromatic heterocycles. The van der Waals surface area contributed by atoms with Crippen LogP contribution in [0.1, 0.15) is 6.42 Å². The van der Waals surface area contributed by atoms with E-state index in [9.17, 15) is 0 Å². The van der Waals surface area contributed by atoms with Gasteiger partial charge in [-0.25, -0.2) is 9.97 Å². The van der Waals surface area contributed by atoms with E-state index in [-0.39, 0.29) is 6.04 Å². The first kappa shape index (κ1) is 10.7. The summed E-state index contributed by atoms with van der Waals surface area (Å²) in [5.74, 6) is 0.748. The third-order valence-electron chi connectivity index (χ3n) is 3.04. The van der Waals surface area contributed by atoms with E-state index in [0.717, 1.165) is 36.4 Å². The van der Waals surface area contributed by atoms with Crippen molar-refractivity contribution in [1.82, 2.24) is 9.97 Å². The first-order valence-corrected chi connectivity index (χ1v) is 6.04. The second kappa shape index (κ2) is 4.13. The lowest BCUT2D eigenvalue weighted by Crippen LogP contribution is -2.27. The van der Waals surface area contributed by atoms with Gasteiger partial charge in [0.25, 0.3) is 0 Å². The second-order valence-electron chi connectivity index (χ2n) is 4.32. The molecule has 2 aromatic rings. The van der Waals surface area contributed by atoms with E-state index < -0.39 is 0 Å². The quantitative estimate of drug-likeness (QED) is 0.837. The summed E-state index contributed by atoms with van der Waals surface area (Å²) in [5.41, 5.74) is 7.58. The van der Waals surface area contributed by atoms with Crippen LogP contribution in [0.3, 0.4) is 0 Å². The van der Waals surface area contributed by atoms with Gasteiger partial charge in [-0.2, -0.15) is 0 Å². The number of para-hydroxylation sites is 2. The minimum atomic E-state index is 0.208. The van der Waals surface area contributed by atoms with E-state index in [2.05, 4.69) is 14.9 Å². The van der Waals surface area contributed by atoms with Crippen LogP contribution in [0.5, 0.6) is 0 Å². The minimum absolute atomic E-state index is 0.208. The van der Waals surface area contributed by atoms with E-state index in [1.165, 1.54) is 0 Å². The van der Waals surface area contributed by atoms with Crippen LogP contribution in [-0.4, -0.2) is 29.1 Å². The van der Waals surface area contributed by atoms with Crippen molar-refractivity contribution in [3.63, 3.8) is 0 Å². The second-order valence-corrected chi connectivity index (χ2v) is 4.68. The Morgan fingerprint density at radius 3 is 2.59 bits per heavy atom. The Labute approximate surface area is 104 Å². The van der Waals surface area contributed by atoms with Gasteiger partial charge < -0.3 is 10.6 Å². The van der Waals surface area contributed by atoms with Gasteiger partial charge in [0.05, 0.1) is 11.0 Å². The number of nitrogens with zero attached hydrogens (tertiary/aromatic N) is 3. The average Bonchev–Trinajstić information content (AvgIpc) is 2.75. The van der Waals surface area contributed by atoms with Gasteiger partial charge in [0.15, 0.2) is 11.0 Å². The number of anilines is 1. The van der Waals surface area contributed by atoms with Crippen LogP contribution in [0, 0.1) is 0 Å². The molecule has 0 bridgehead atoms. The molecule has 1 aromatic carbocycles. The summed E-state index contributed by atoms with van der Waals surface area (Å²) in [4.78, 5) is 11.0. The summed E-state index contributed by atoms with van der Waals surface area (Å²) in [6.07, 6.45) is 0.977. The van der Waals surface area contributed by atoms with E-state index in [4.69, 9.17) is 17.3 Å². The number of nitrogens with two attached hydrogens (primary N) is 1. The van der Waals surface area contributed by atoms with Gasteiger partial charge in [-0.1, -0.05) is 23.7 Å². The SMILES string of the molecule is N[C@H]1CCN(c2nc3ccccc3nc2Cl)C1. The average molecular weight is 249 g/mol. The molecule has 4 nitrogen and oxygen atoms in total. The molecule has 17 heavy (non-hydrogen) atoms. The molecule has 1 aliphatic rings. The van der Waals surface area contributed by atoms with Crippen molar-refractivity contribution in [2.45, 2.75) is 12.5 Å². The molecule has 88 valence electrons. The van der Waals surface area contributed by atoms with Crippen molar-refractivity contribution < 1.29 is 0 Å². The predicted octanol–water partition coefficient (Wildman–Crippen LogP) is 1.82. The van der Waals surface area contributed by atoms with Crippen LogP contribution >= 0.6 is 11.6 Å². The molecule has 1 fully saturated rings. The molecule has 0 unspecified atom stereocenters. The molecule has 0 saturated carbocycles. The predicted molar refractivity (Wildman–Crippen MR) is 69.4 cm³/mol. The zero-order valence-corrected chi connectivity index (χ0v) is 10.1. The molecule has 1 aliphatic heterocycles. The molecule has 2 N–H and O–H groups in total.